The molecule has 0 saturated carbocycles. The lowest BCUT2D eigenvalue weighted by molar-refractivity contribution is -0.156. The summed E-state index contributed by atoms with van der Waals surface area (Å²) in [6.45, 7) is 11.9. The number of halogens is 1. The second kappa shape index (κ2) is 15.1. The van der Waals surface area contributed by atoms with E-state index >= 15 is 0 Å². The Labute approximate surface area is 129 Å². The van der Waals surface area contributed by atoms with Gasteiger partial charge in [0.2, 0.25) is 0 Å². The third-order valence-corrected chi connectivity index (χ3v) is 2.14. The number of alkyl halides is 1. The Morgan fingerprint density at radius 2 is 1.45 bits per heavy atom. The molecular weight excluding hydrogens is 280 g/mol. The smallest absolute Gasteiger partial charge is 0.308 e. The van der Waals surface area contributed by atoms with E-state index < -0.39 is 5.60 Å². The maximum absolute atomic E-state index is 11.3. The molecule has 4 nitrogen and oxygen atoms in total. The Kier molecular flexibility index (Phi) is 16.6. The normalized spacial score (nSPS) is 10.7. The molecular formula is C15H31ClO4. The summed E-state index contributed by atoms with van der Waals surface area (Å²) in [6, 6.07) is 0. The molecule has 20 heavy (non-hydrogen) atoms. The van der Waals surface area contributed by atoms with Crippen LogP contribution in [0.2, 0.25) is 0 Å². The monoisotopic (exact) mass is 310 g/mol. The van der Waals surface area contributed by atoms with Crippen LogP contribution in [0.25, 0.3) is 0 Å². The number of rotatable bonds is 10. The van der Waals surface area contributed by atoms with Crippen molar-refractivity contribution < 1.29 is 19.0 Å². The van der Waals surface area contributed by atoms with E-state index in [1.54, 1.807) is 0 Å². The van der Waals surface area contributed by atoms with Crippen LogP contribution < -0.4 is 0 Å². The SMILES string of the molecule is CC.CC(C)(C)OC(=O)CCOCCCOCCCCl. The molecule has 122 valence electrons. The van der Waals surface area contributed by atoms with E-state index in [1.165, 1.54) is 0 Å². The maximum atomic E-state index is 11.3. The predicted octanol–water partition coefficient (Wildman–Crippen LogP) is 3.80. The van der Waals surface area contributed by atoms with Gasteiger partial charge in [0, 0.05) is 25.7 Å². The number of esters is 1. The first-order chi connectivity index (χ1) is 9.45. The van der Waals surface area contributed by atoms with Gasteiger partial charge in [-0.15, -0.1) is 11.6 Å². The summed E-state index contributed by atoms with van der Waals surface area (Å²) in [5, 5.41) is 0. The van der Waals surface area contributed by atoms with Gasteiger partial charge < -0.3 is 14.2 Å². The zero-order chi connectivity index (χ0) is 15.9. The minimum Gasteiger partial charge on any atom is -0.460 e. The fourth-order valence-corrected chi connectivity index (χ4v) is 1.28. The highest BCUT2D eigenvalue weighted by atomic mass is 35.5. The van der Waals surface area contributed by atoms with E-state index in [-0.39, 0.29) is 5.97 Å². The van der Waals surface area contributed by atoms with E-state index in [9.17, 15) is 4.79 Å². The molecule has 0 saturated heterocycles. The van der Waals surface area contributed by atoms with Gasteiger partial charge in [0.15, 0.2) is 0 Å². The van der Waals surface area contributed by atoms with Crippen LogP contribution in [0.3, 0.4) is 0 Å². The first kappa shape index (κ1) is 22.0. The van der Waals surface area contributed by atoms with Crippen LogP contribution in [0, 0.1) is 0 Å². The molecule has 0 aromatic heterocycles. The fraction of sp³-hybridized carbons (Fsp3) is 0.933. The molecule has 0 aromatic carbocycles. The van der Waals surface area contributed by atoms with Gasteiger partial charge in [0.1, 0.15) is 5.60 Å². The molecule has 0 fully saturated rings. The molecule has 0 unspecified atom stereocenters. The van der Waals surface area contributed by atoms with Crippen molar-refractivity contribution in [1.29, 1.82) is 0 Å². The molecule has 0 atom stereocenters. The first-order valence-electron chi connectivity index (χ1n) is 7.39. The van der Waals surface area contributed by atoms with E-state index in [0.717, 1.165) is 12.8 Å². The van der Waals surface area contributed by atoms with Crippen molar-refractivity contribution in [2.75, 3.05) is 32.3 Å². The van der Waals surface area contributed by atoms with E-state index in [0.29, 0.717) is 38.7 Å². The van der Waals surface area contributed by atoms with Gasteiger partial charge in [-0.2, -0.15) is 0 Å². The molecule has 0 N–H and O–H groups in total. The summed E-state index contributed by atoms with van der Waals surface area (Å²) in [4.78, 5) is 11.3. The highest BCUT2D eigenvalue weighted by molar-refractivity contribution is 6.17. The summed E-state index contributed by atoms with van der Waals surface area (Å²) in [5.74, 6) is 0.410. The quantitative estimate of drug-likeness (QED) is 0.350. The van der Waals surface area contributed by atoms with Gasteiger partial charge in [0.05, 0.1) is 13.0 Å². The Hall–Kier alpha value is -0.320. The molecule has 0 rings (SSSR count). The second-order valence-electron chi connectivity index (χ2n) is 4.96. The summed E-state index contributed by atoms with van der Waals surface area (Å²) >= 11 is 5.51. The van der Waals surface area contributed by atoms with Crippen molar-refractivity contribution in [3.8, 4) is 0 Å². The number of hydrogen-bond donors (Lipinski definition) is 0. The zero-order valence-electron chi connectivity index (χ0n) is 13.7. The van der Waals surface area contributed by atoms with Gasteiger partial charge in [-0.1, -0.05) is 13.8 Å². The Morgan fingerprint density at radius 1 is 0.950 bits per heavy atom. The third-order valence-electron chi connectivity index (χ3n) is 1.87. The van der Waals surface area contributed by atoms with E-state index in [4.69, 9.17) is 25.8 Å². The molecule has 0 aromatic rings. The van der Waals surface area contributed by atoms with Gasteiger partial charge >= 0.3 is 5.97 Å². The average Bonchev–Trinajstić information content (AvgIpc) is 2.37. The van der Waals surface area contributed by atoms with Crippen LogP contribution >= 0.6 is 11.6 Å². The average molecular weight is 311 g/mol. The highest BCUT2D eigenvalue weighted by Crippen LogP contribution is 2.08. The van der Waals surface area contributed by atoms with Crippen molar-refractivity contribution in [2.45, 2.75) is 59.5 Å². The first-order valence-corrected chi connectivity index (χ1v) is 7.92. The lowest BCUT2D eigenvalue weighted by Crippen LogP contribution is -2.24. The van der Waals surface area contributed by atoms with Crippen LogP contribution in [0.4, 0.5) is 0 Å². The predicted molar refractivity (Wildman–Crippen MR) is 83.4 cm³/mol. The second-order valence-corrected chi connectivity index (χ2v) is 5.34. The molecule has 0 aliphatic heterocycles. The van der Waals surface area contributed by atoms with Crippen molar-refractivity contribution in [3.63, 3.8) is 0 Å². The minimum absolute atomic E-state index is 0.221. The van der Waals surface area contributed by atoms with Crippen molar-refractivity contribution in [1.82, 2.24) is 0 Å². The standard InChI is InChI=1S/C13H25ClO4.C2H6/c1-13(2,3)18-12(15)6-11-17-10-5-9-16-8-4-7-14;1-2/h4-11H2,1-3H3;1-2H3. The largest absolute Gasteiger partial charge is 0.460 e. The van der Waals surface area contributed by atoms with Crippen molar-refractivity contribution in [2.24, 2.45) is 0 Å². The van der Waals surface area contributed by atoms with Crippen LogP contribution in [0.5, 0.6) is 0 Å². The summed E-state index contributed by atoms with van der Waals surface area (Å²) in [6.07, 6.45) is 2.00. The number of carbonyl (C=O) groups is 1. The number of carbonyl (C=O) groups excluding carboxylic acids is 1. The van der Waals surface area contributed by atoms with Gasteiger partial charge in [-0.05, 0) is 33.6 Å². The molecule has 0 spiro atoms. The number of hydrogen-bond acceptors (Lipinski definition) is 4. The van der Waals surface area contributed by atoms with Crippen LogP contribution in [-0.2, 0) is 19.0 Å². The third kappa shape index (κ3) is 20.0. The van der Waals surface area contributed by atoms with Crippen LogP contribution in [0.15, 0.2) is 0 Å². The van der Waals surface area contributed by atoms with Gasteiger partial charge in [-0.3, -0.25) is 4.79 Å². The fourth-order valence-electron chi connectivity index (χ4n) is 1.17. The Morgan fingerprint density at radius 3 is 1.95 bits per heavy atom. The molecule has 0 aliphatic rings. The van der Waals surface area contributed by atoms with Crippen LogP contribution in [-0.4, -0.2) is 43.9 Å². The summed E-state index contributed by atoms with van der Waals surface area (Å²) in [7, 11) is 0. The molecule has 0 radical (unpaired) electrons. The van der Waals surface area contributed by atoms with E-state index in [2.05, 4.69) is 0 Å². The Bertz CT molecular complexity index is 214. The molecule has 5 heteroatoms. The molecule has 0 aliphatic carbocycles. The lowest BCUT2D eigenvalue weighted by atomic mass is 10.2. The minimum atomic E-state index is -0.423. The summed E-state index contributed by atoms with van der Waals surface area (Å²) < 4.78 is 15.8. The zero-order valence-corrected chi connectivity index (χ0v) is 14.4. The highest BCUT2D eigenvalue weighted by Gasteiger charge is 2.15. The maximum Gasteiger partial charge on any atom is 0.308 e. The molecule has 0 amide bonds. The number of ether oxygens (including phenoxy) is 3. The molecule has 0 heterocycles. The Balaban J connectivity index is 0. The van der Waals surface area contributed by atoms with Crippen LogP contribution in [0.1, 0.15) is 53.9 Å². The topological polar surface area (TPSA) is 44.8 Å². The lowest BCUT2D eigenvalue weighted by Gasteiger charge is -2.19. The summed E-state index contributed by atoms with van der Waals surface area (Å²) in [5.41, 5.74) is -0.423. The van der Waals surface area contributed by atoms with E-state index in [1.807, 2.05) is 34.6 Å². The van der Waals surface area contributed by atoms with Gasteiger partial charge in [0.25, 0.3) is 0 Å². The van der Waals surface area contributed by atoms with Gasteiger partial charge in [-0.25, -0.2) is 0 Å². The van der Waals surface area contributed by atoms with Crippen molar-refractivity contribution >= 4 is 17.6 Å². The molecule has 0 bridgehead atoms. The van der Waals surface area contributed by atoms with Crippen molar-refractivity contribution in [3.05, 3.63) is 0 Å².